The number of para-hydroxylation sites is 1. The number of hydrogen-bond donors (Lipinski definition) is 1. The van der Waals surface area contributed by atoms with E-state index in [0.29, 0.717) is 6.10 Å². The first-order chi connectivity index (χ1) is 13.8. The summed E-state index contributed by atoms with van der Waals surface area (Å²) < 4.78 is 6.12. The number of ether oxygens (including phenoxy) is 1. The Morgan fingerprint density at radius 2 is 1.82 bits per heavy atom. The third-order valence-electron chi connectivity index (χ3n) is 6.70. The van der Waals surface area contributed by atoms with Crippen LogP contribution in [0.3, 0.4) is 0 Å². The van der Waals surface area contributed by atoms with Crippen molar-refractivity contribution in [3.05, 3.63) is 65.7 Å². The van der Waals surface area contributed by atoms with Crippen molar-refractivity contribution in [1.82, 2.24) is 10.2 Å². The summed E-state index contributed by atoms with van der Waals surface area (Å²) in [6, 6.07) is 19.1. The molecule has 1 saturated carbocycles. The Morgan fingerprint density at radius 1 is 1.07 bits per heavy atom. The summed E-state index contributed by atoms with van der Waals surface area (Å²) >= 11 is 0. The zero-order chi connectivity index (χ0) is 18.9. The second-order valence-electron chi connectivity index (χ2n) is 8.30. The van der Waals surface area contributed by atoms with E-state index < -0.39 is 0 Å². The van der Waals surface area contributed by atoms with E-state index in [-0.39, 0.29) is 0 Å². The summed E-state index contributed by atoms with van der Waals surface area (Å²) in [6.45, 7) is 3.03. The van der Waals surface area contributed by atoms with Gasteiger partial charge in [-0.3, -0.25) is 4.99 Å². The van der Waals surface area contributed by atoms with E-state index in [1.165, 1.54) is 6.42 Å². The molecule has 3 atom stereocenters. The summed E-state index contributed by atoms with van der Waals surface area (Å²) in [4.78, 5) is 6.94. The van der Waals surface area contributed by atoms with Crippen LogP contribution in [0.2, 0.25) is 0 Å². The van der Waals surface area contributed by atoms with Crippen LogP contribution in [0.4, 0.5) is 0 Å². The molecule has 2 aromatic rings. The van der Waals surface area contributed by atoms with E-state index in [1.807, 2.05) is 37.4 Å². The van der Waals surface area contributed by atoms with Gasteiger partial charge in [0.1, 0.15) is 11.9 Å². The zero-order valence-electron chi connectivity index (χ0n) is 16.6. The molecule has 146 valence electrons. The van der Waals surface area contributed by atoms with Gasteiger partial charge in [-0.1, -0.05) is 42.5 Å². The standard InChI is InChI=1S/C24H29N3O/c1-25-24(26-16-22-21-15-17-7-5-6-10-20(17)23(21)22)27-13-11-19(12-14-27)28-18-8-3-2-4-9-18/h2-10,19,21-23H,11-16H2,1H3,(H,25,26). The number of rotatable bonds is 4. The Hall–Kier alpha value is -2.49. The molecular formula is C24H29N3O. The molecule has 3 unspecified atom stereocenters. The second kappa shape index (κ2) is 7.50. The number of guanidine groups is 1. The summed E-state index contributed by atoms with van der Waals surface area (Å²) in [5.74, 6) is 4.41. The Balaban J connectivity index is 1.10. The van der Waals surface area contributed by atoms with E-state index >= 15 is 0 Å². The molecule has 0 aromatic heterocycles. The molecule has 28 heavy (non-hydrogen) atoms. The minimum absolute atomic E-state index is 0.302. The molecule has 1 heterocycles. The van der Waals surface area contributed by atoms with Crippen LogP contribution in [-0.4, -0.2) is 43.6 Å². The molecule has 4 heteroatoms. The third-order valence-corrected chi connectivity index (χ3v) is 6.70. The fourth-order valence-corrected chi connectivity index (χ4v) is 5.18. The molecule has 4 nitrogen and oxygen atoms in total. The lowest BCUT2D eigenvalue weighted by molar-refractivity contribution is 0.129. The predicted molar refractivity (Wildman–Crippen MR) is 113 cm³/mol. The Labute approximate surface area is 167 Å². The second-order valence-corrected chi connectivity index (χ2v) is 8.30. The van der Waals surface area contributed by atoms with Crippen molar-refractivity contribution >= 4 is 5.96 Å². The quantitative estimate of drug-likeness (QED) is 0.654. The van der Waals surface area contributed by atoms with Gasteiger partial charge < -0.3 is 15.0 Å². The highest BCUT2D eigenvalue weighted by molar-refractivity contribution is 5.80. The molecule has 2 aliphatic carbocycles. The van der Waals surface area contributed by atoms with Crippen molar-refractivity contribution in [3.63, 3.8) is 0 Å². The van der Waals surface area contributed by atoms with Gasteiger partial charge in [0, 0.05) is 39.5 Å². The molecule has 0 amide bonds. The van der Waals surface area contributed by atoms with Crippen molar-refractivity contribution in [2.45, 2.75) is 31.3 Å². The van der Waals surface area contributed by atoms with Crippen molar-refractivity contribution in [2.24, 2.45) is 16.8 Å². The molecule has 1 N–H and O–H groups in total. The summed E-state index contributed by atoms with van der Waals surface area (Å²) in [7, 11) is 1.90. The molecule has 3 aliphatic rings. The summed E-state index contributed by atoms with van der Waals surface area (Å²) in [6.07, 6.45) is 3.64. The van der Waals surface area contributed by atoms with Crippen LogP contribution >= 0.6 is 0 Å². The lowest BCUT2D eigenvalue weighted by Gasteiger charge is -2.34. The SMILES string of the molecule is CN=C(NCC1C2Cc3ccccc3C12)N1CCC(Oc2ccccc2)CC1. The third kappa shape index (κ3) is 3.36. The maximum absolute atomic E-state index is 6.12. The smallest absolute Gasteiger partial charge is 0.193 e. The fourth-order valence-electron chi connectivity index (χ4n) is 5.18. The average molecular weight is 376 g/mol. The van der Waals surface area contributed by atoms with E-state index in [1.54, 1.807) is 11.1 Å². The topological polar surface area (TPSA) is 36.9 Å². The number of benzene rings is 2. The van der Waals surface area contributed by atoms with Gasteiger partial charge in [0.2, 0.25) is 0 Å². The van der Waals surface area contributed by atoms with Crippen LogP contribution in [0, 0.1) is 11.8 Å². The van der Waals surface area contributed by atoms with E-state index in [2.05, 4.69) is 39.5 Å². The van der Waals surface area contributed by atoms with Crippen LogP contribution < -0.4 is 10.1 Å². The largest absolute Gasteiger partial charge is 0.490 e. The molecule has 0 bridgehead atoms. The highest BCUT2D eigenvalue weighted by Crippen LogP contribution is 2.60. The van der Waals surface area contributed by atoms with Gasteiger partial charge in [0.25, 0.3) is 0 Å². The van der Waals surface area contributed by atoms with Crippen LogP contribution in [0.25, 0.3) is 0 Å². The van der Waals surface area contributed by atoms with E-state index in [0.717, 1.165) is 61.9 Å². The molecule has 1 saturated heterocycles. The van der Waals surface area contributed by atoms with E-state index in [9.17, 15) is 0 Å². The minimum Gasteiger partial charge on any atom is -0.490 e. The van der Waals surface area contributed by atoms with Gasteiger partial charge in [0.15, 0.2) is 5.96 Å². The first-order valence-corrected chi connectivity index (χ1v) is 10.6. The predicted octanol–water partition coefficient (Wildman–Crippen LogP) is 3.69. The Bertz CT molecular complexity index is 842. The average Bonchev–Trinajstić information content (AvgIpc) is 3.28. The Morgan fingerprint density at radius 3 is 2.61 bits per heavy atom. The monoisotopic (exact) mass is 375 g/mol. The van der Waals surface area contributed by atoms with Gasteiger partial charge in [-0.2, -0.15) is 0 Å². The minimum atomic E-state index is 0.302. The van der Waals surface area contributed by atoms with Crippen molar-refractivity contribution in [2.75, 3.05) is 26.7 Å². The lowest BCUT2D eigenvalue weighted by atomic mass is 10.0. The van der Waals surface area contributed by atoms with Crippen LogP contribution in [0.15, 0.2) is 59.6 Å². The molecule has 0 radical (unpaired) electrons. The maximum atomic E-state index is 6.12. The lowest BCUT2D eigenvalue weighted by Crippen LogP contribution is -2.48. The van der Waals surface area contributed by atoms with Gasteiger partial charge in [-0.15, -0.1) is 0 Å². The maximum Gasteiger partial charge on any atom is 0.193 e. The molecule has 2 aromatic carbocycles. The molecule has 5 rings (SSSR count). The number of nitrogens with zero attached hydrogens (tertiary/aromatic N) is 2. The molecular weight excluding hydrogens is 346 g/mol. The highest BCUT2D eigenvalue weighted by atomic mass is 16.5. The van der Waals surface area contributed by atoms with Gasteiger partial charge >= 0.3 is 0 Å². The first-order valence-electron chi connectivity index (χ1n) is 10.6. The van der Waals surface area contributed by atoms with Gasteiger partial charge in [-0.25, -0.2) is 0 Å². The van der Waals surface area contributed by atoms with Crippen molar-refractivity contribution in [1.29, 1.82) is 0 Å². The van der Waals surface area contributed by atoms with Gasteiger partial charge in [-0.05, 0) is 47.4 Å². The zero-order valence-corrected chi connectivity index (χ0v) is 16.6. The molecule has 0 spiro atoms. The fraction of sp³-hybridized carbons (Fsp3) is 0.458. The number of likely N-dealkylation sites (tertiary alicyclic amines) is 1. The van der Waals surface area contributed by atoms with Gasteiger partial charge in [0.05, 0.1) is 0 Å². The summed E-state index contributed by atoms with van der Waals surface area (Å²) in [5, 5.41) is 3.66. The number of hydrogen-bond acceptors (Lipinski definition) is 2. The van der Waals surface area contributed by atoms with Crippen molar-refractivity contribution in [3.8, 4) is 5.75 Å². The van der Waals surface area contributed by atoms with Crippen molar-refractivity contribution < 1.29 is 4.74 Å². The van der Waals surface area contributed by atoms with Crippen LogP contribution in [0.1, 0.15) is 29.9 Å². The van der Waals surface area contributed by atoms with Crippen LogP contribution in [0.5, 0.6) is 5.75 Å². The Kier molecular flexibility index (Phi) is 4.71. The summed E-state index contributed by atoms with van der Waals surface area (Å²) in [5.41, 5.74) is 3.16. The normalized spacial score (nSPS) is 26.5. The number of piperidine rings is 1. The number of nitrogens with one attached hydrogen (secondary N) is 1. The van der Waals surface area contributed by atoms with Crippen LogP contribution in [-0.2, 0) is 6.42 Å². The van der Waals surface area contributed by atoms with E-state index in [4.69, 9.17) is 4.74 Å². The molecule has 1 aliphatic heterocycles. The highest BCUT2D eigenvalue weighted by Gasteiger charge is 2.55. The number of fused-ring (bicyclic) bond motifs is 3. The number of aliphatic imine (C=N–C) groups is 1. The first kappa shape index (κ1) is 17.6. The molecule has 2 fully saturated rings.